The number of halogens is 2. The fourth-order valence-electron chi connectivity index (χ4n) is 2.27. The molecule has 1 N–H and O–H groups in total. The van der Waals surface area contributed by atoms with Crippen LogP contribution in [0, 0.1) is 0 Å². The highest BCUT2D eigenvalue weighted by molar-refractivity contribution is 9.10. The van der Waals surface area contributed by atoms with Crippen LogP contribution in [0.15, 0.2) is 41.0 Å². The van der Waals surface area contributed by atoms with Crippen molar-refractivity contribution in [3.63, 3.8) is 0 Å². The van der Waals surface area contributed by atoms with Crippen molar-refractivity contribution >= 4 is 33.4 Å². The fraction of sp³-hybridized carbons (Fsp3) is 0.312. The van der Waals surface area contributed by atoms with E-state index in [1.165, 1.54) is 0 Å². The molecule has 0 saturated carbocycles. The minimum absolute atomic E-state index is 0.0105. The molecule has 0 spiro atoms. The normalized spacial score (nSPS) is 12.2. The van der Waals surface area contributed by atoms with Gasteiger partial charge in [0.05, 0.1) is 0 Å². The first-order valence-electron chi connectivity index (χ1n) is 6.91. The van der Waals surface area contributed by atoms with E-state index < -0.39 is 0 Å². The standard InChI is InChI=1S/C16H18BrClN2O/c1-3-20-10-13(17)9-15(20)16(21)19-11(2)8-12-6-4-5-7-14(12)18/h4-7,9-11H,3,8H2,1-2H3,(H,19,21). The molecule has 112 valence electrons. The molecule has 2 rings (SSSR count). The zero-order valence-corrected chi connectivity index (χ0v) is 14.4. The van der Waals surface area contributed by atoms with E-state index in [1.807, 2.05) is 54.9 Å². The van der Waals surface area contributed by atoms with Gasteiger partial charge in [-0.25, -0.2) is 0 Å². The summed E-state index contributed by atoms with van der Waals surface area (Å²) in [6.07, 6.45) is 2.62. The molecule has 0 aliphatic rings. The highest BCUT2D eigenvalue weighted by Crippen LogP contribution is 2.18. The minimum Gasteiger partial charge on any atom is -0.348 e. The molecule has 1 unspecified atom stereocenters. The van der Waals surface area contributed by atoms with E-state index in [2.05, 4.69) is 21.2 Å². The van der Waals surface area contributed by atoms with Crippen LogP contribution in [0.4, 0.5) is 0 Å². The summed E-state index contributed by atoms with van der Waals surface area (Å²) in [5.41, 5.74) is 1.70. The molecule has 0 fully saturated rings. The van der Waals surface area contributed by atoms with Gasteiger partial charge in [0.25, 0.3) is 5.91 Å². The minimum atomic E-state index is -0.0675. The van der Waals surface area contributed by atoms with E-state index in [1.54, 1.807) is 0 Å². The van der Waals surface area contributed by atoms with Crippen molar-refractivity contribution in [2.45, 2.75) is 32.9 Å². The number of aromatic nitrogens is 1. The van der Waals surface area contributed by atoms with Gasteiger partial charge in [0, 0.05) is 28.3 Å². The Bertz CT molecular complexity index is 639. The van der Waals surface area contributed by atoms with Crippen LogP contribution in [0.2, 0.25) is 5.02 Å². The average Bonchev–Trinajstić information content (AvgIpc) is 2.82. The average molecular weight is 370 g/mol. The number of carbonyl (C=O) groups is 1. The Morgan fingerprint density at radius 2 is 2.14 bits per heavy atom. The van der Waals surface area contributed by atoms with E-state index in [0.29, 0.717) is 12.1 Å². The molecular formula is C16H18BrClN2O. The van der Waals surface area contributed by atoms with E-state index in [9.17, 15) is 4.79 Å². The van der Waals surface area contributed by atoms with Crippen molar-refractivity contribution in [1.29, 1.82) is 0 Å². The summed E-state index contributed by atoms with van der Waals surface area (Å²) in [4.78, 5) is 12.3. The maximum absolute atomic E-state index is 12.3. The van der Waals surface area contributed by atoms with Crippen LogP contribution in [0.3, 0.4) is 0 Å². The maximum atomic E-state index is 12.3. The lowest BCUT2D eigenvalue weighted by Crippen LogP contribution is -2.35. The first kappa shape index (κ1) is 16.1. The Morgan fingerprint density at radius 1 is 1.43 bits per heavy atom. The van der Waals surface area contributed by atoms with Gasteiger partial charge in [0.1, 0.15) is 5.69 Å². The van der Waals surface area contributed by atoms with Crippen molar-refractivity contribution in [3.8, 4) is 0 Å². The number of rotatable bonds is 5. The summed E-state index contributed by atoms with van der Waals surface area (Å²) in [6.45, 7) is 4.75. The first-order chi connectivity index (χ1) is 10.0. The highest BCUT2D eigenvalue weighted by atomic mass is 79.9. The summed E-state index contributed by atoms with van der Waals surface area (Å²) in [5, 5.41) is 3.76. The molecule has 2 aromatic rings. The summed E-state index contributed by atoms with van der Waals surface area (Å²) in [5.74, 6) is -0.0675. The van der Waals surface area contributed by atoms with Crippen molar-refractivity contribution in [1.82, 2.24) is 9.88 Å². The highest BCUT2D eigenvalue weighted by Gasteiger charge is 2.15. The molecule has 21 heavy (non-hydrogen) atoms. The molecule has 1 amide bonds. The lowest BCUT2D eigenvalue weighted by atomic mass is 10.1. The molecule has 5 heteroatoms. The third-order valence-electron chi connectivity index (χ3n) is 3.30. The zero-order chi connectivity index (χ0) is 15.4. The van der Waals surface area contributed by atoms with Gasteiger partial charge in [0.2, 0.25) is 0 Å². The molecule has 1 atom stereocenters. The van der Waals surface area contributed by atoms with Gasteiger partial charge in [0.15, 0.2) is 0 Å². The summed E-state index contributed by atoms with van der Waals surface area (Å²) >= 11 is 9.55. The second kappa shape index (κ2) is 7.14. The topological polar surface area (TPSA) is 34.0 Å². The van der Waals surface area contributed by atoms with Crippen molar-refractivity contribution in [3.05, 3.63) is 57.3 Å². The van der Waals surface area contributed by atoms with Gasteiger partial charge in [-0.15, -0.1) is 0 Å². The van der Waals surface area contributed by atoms with Crippen LogP contribution in [0.1, 0.15) is 29.9 Å². The Kier molecular flexibility index (Phi) is 5.48. The Balaban J connectivity index is 2.04. The third-order valence-corrected chi connectivity index (χ3v) is 4.10. The molecule has 3 nitrogen and oxygen atoms in total. The first-order valence-corrected chi connectivity index (χ1v) is 8.08. The number of benzene rings is 1. The summed E-state index contributed by atoms with van der Waals surface area (Å²) < 4.78 is 2.83. The number of amides is 1. The van der Waals surface area contributed by atoms with Crippen LogP contribution in [-0.2, 0) is 13.0 Å². The predicted molar refractivity (Wildman–Crippen MR) is 89.9 cm³/mol. The van der Waals surface area contributed by atoms with Crippen LogP contribution >= 0.6 is 27.5 Å². The van der Waals surface area contributed by atoms with E-state index in [-0.39, 0.29) is 11.9 Å². The number of nitrogens with zero attached hydrogens (tertiary/aromatic N) is 1. The fourth-order valence-corrected chi connectivity index (χ4v) is 2.95. The lowest BCUT2D eigenvalue weighted by molar-refractivity contribution is 0.0931. The molecule has 0 aliphatic carbocycles. The molecule has 1 heterocycles. The predicted octanol–water partition coefficient (Wildman–Crippen LogP) is 4.28. The van der Waals surface area contributed by atoms with Gasteiger partial charge in [-0.2, -0.15) is 0 Å². The molecular weight excluding hydrogens is 352 g/mol. The van der Waals surface area contributed by atoms with Gasteiger partial charge < -0.3 is 9.88 Å². The van der Waals surface area contributed by atoms with Crippen molar-refractivity contribution in [2.75, 3.05) is 0 Å². The SMILES string of the molecule is CCn1cc(Br)cc1C(=O)NC(C)Cc1ccccc1Cl. The largest absolute Gasteiger partial charge is 0.348 e. The quantitative estimate of drug-likeness (QED) is 0.838. The number of hydrogen-bond acceptors (Lipinski definition) is 1. The lowest BCUT2D eigenvalue weighted by Gasteiger charge is -2.15. The van der Waals surface area contributed by atoms with Gasteiger partial charge in [-0.05, 0) is 53.9 Å². The number of aryl methyl sites for hydroxylation is 1. The Labute approximate surface area is 138 Å². The van der Waals surface area contributed by atoms with E-state index in [0.717, 1.165) is 21.6 Å². The Morgan fingerprint density at radius 3 is 2.81 bits per heavy atom. The Hall–Kier alpha value is -1.26. The molecule has 1 aromatic carbocycles. The summed E-state index contributed by atoms with van der Waals surface area (Å²) in [7, 11) is 0. The second-order valence-corrected chi connectivity index (χ2v) is 6.32. The van der Waals surface area contributed by atoms with Gasteiger partial charge in [-0.1, -0.05) is 29.8 Å². The third kappa shape index (κ3) is 4.11. The van der Waals surface area contributed by atoms with Crippen molar-refractivity contribution in [2.24, 2.45) is 0 Å². The number of nitrogens with one attached hydrogen (secondary N) is 1. The molecule has 1 aromatic heterocycles. The monoisotopic (exact) mass is 368 g/mol. The number of carbonyl (C=O) groups excluding carboxylic acids is 1. The number of hydrogen-bond donors (Lipinski definition) is 1. The second-order valence-electron chi connectivity index (χ2n) is 5.00. The zero-order valence-electron chi connectivity index (χ0n) is 12.1. The van der Waals surface area contributed by atoms with Crippen LogP contribution < -0.4 is 5.32 Å². The van der Waals surface area contributed by atoms with Crippen LogP contribution in [-0.4, -0.2) is 16.5 Å². The van der Waals surface area contributed by atoms with Gasteiger partial charge >= 0.3 is 0 Å². The van der Waals surface area contributed by atoms with E-state index >= 15 is 0 Å². The molecule has 0 radical (unpaired) electrons. The smallest absolute Gasteiger partial charge is 0.268 e. The van der Waals surface area contributed by atoms with Crippen molar-refractivity contribution < 1.29 is 4.79 Å². The molecule has 0 aliphatic heterocycles. The molecule has 0 saturated heterocycles. The van der Waals surface area contributed by atoms with E-state index in [4.69, 9.17) is 11.6 Å². The van der Waals surface area contributed by atoms with Crippen LogP contribution in [0.25, 0.3) is 0 Å². The maximum Gasteiger partial charge on any atom is 0.268 e. The summed E-state index contributed by atoms with van der Waals surface area (Å²) in [6, 6.07) is 9.55. The molecule has 0 bridgehead atoms. The van der Waals surface area contributed by atoms with Crippen LogP contribution in [0.5, 0.6) is 0 Å². The van der Waals surface area contributed by atoms with Gasteiger partial charge in [-0.3, -0.25) is 4.79 Å².